The molecule has 1 aromatic rings. The van der Waals surface area contributed by atoms with Gasteiger partial charge in [-0.05, 0) is 12.1 Å². The second kappa shape index (κ2) is 9.98. The van der Waals surface area contributed by atoms with Gasteiger partial charge in [0.2, 0.25) is 11.8 Å². The van der Waals surface area contributed by atoms with Crippen LogP contribution in [-0.4, -0.2) is 66.1 Å². The van der Waals surface area contributed by atoms with Gasteiger partial charge < -0.3 is 29.2 Å². The fraction of sp³-hybridized carbons (Fsp3) is 0.556. The molecular weight excluding hydrogens is 340 g/mol. The van der Waals surface area contributed by atoms with Crippen molar-refractivity contribution in [3.05, 3.63) is 18.2 Å². The van der Waals surface area contributed by atoms with Crippen LogP contribution in [0.4, 0.5) is 5.69 Å². The van der Waals surface area contributed by atoms with Crippen LogP contribution in [0.3, 0.4) is 0 Å². The standard InChI is InChI=1S/C18H26N2O6/c1-23-8-9-26-7-6-19-18(22)13-10-17(21)20(12-13)15-11-14(24-2)4-5-16(15)25-3/h4-5,11,13H,6-10,12H2,1-3H3,(H,19,22). The zero-order valence-electron chi connectivity index (χ0n) is 15.4. The van der Waals surface area contributed by atoms with Crippen molar-refractivity contribution < 1.29 is 28.5 Å². The van der Waals surface area contributed by atoms with E-state index in [1.165, 1.54) is 0 Å². The topological polar surface area (TPSA) is 86.3 Å². The number of nitrogens with zero attached hydrogens (tertiary/aromatic N) is 1. The van der Waals surface area contributed by atoms with E-state index in [1.807, 2.05) is 0 Å². The quantitative estimate of drug-likeness (QED) is 0.618. The molecule has 2 amide bonds. The third kappa shape index (κ3) is 5.09. The second-order valence-corrected chi connectivity index (χ2v) is 5.84. The SMILES string of the molecule is COCCOCCNC(=O)C1CC(=O)N(c2cc(OC)ccc2OC)C1. The van der Waals surface area contributed by atoms with Crippen molar-refractivity contribution in [2.45, 2.75) is 6.42 Å². The number of anilines is 1. The van der Waals surface area contributed by atoms with Gasteiger partial charge >= 0.3 is 0 Å². The Hall–Kier alpha value is -2.32. The van der Waals surface area contributed by atoms with Crippen LogP contribution in [0.25, 0.3) is 0 Å². The van der Waals surface area contributed by atoms with Gasteiger partial charge in [0, 0.05) is 32.7 Å². The molecule has 2 rings (SSSR count). The van der Waals surface area contributed by atoms with Gasteiger partial charge in [0.25, 0.3) is 0 Å². The molecule has 1 aliphatic heterocycles. The Balaban J connectivity index is 1.93. The molecule has 1 saturated heterocycles. The summed E-state index contributed by atoms with van der Waals surface area (Å²) >= 11 is 0. The normalized spacial score (nSPS) is 16.7. The highest BCUT2D eigenvalue weighted by atomic mass is 16.5. The first-order valence-corrected chi connectivity index (χ1v) is 8.47. The fourth-order valence-corrected chi connectivity index (χ4v) is 2.76. The van der Waals surface area contributed by atoms with E-state index in [9.17, 15) is 9.59 Å². The van der Waals surface area contributed by atoms with Gasteiger partial charge in [-0.1, -0.05) is 0 Å². The molecule has 1 atom stereocenters. The maximum Gasteiger partial charge on any atom is 0.227 e. The lowest BCUT2D eigenvalue weighted by molar-refractivity contribution is -0.126. The molecule has 1 N–H and O–H groups in total. The number of methoxy groups -OCH3 is 3. The molecule has 0 aliphatic carbocycles. The number of carbonyl (C=O) groups excluding carboxylic acids is 2. The van der Waals surface area contributed by atoms with Crippen LogP contribution in [0.5, 0.6) is 11.5 Å². The van der Waals surface area contributed by atoms with E-state index < -0.39 is 5.92 Å². The zero-order valence-corrected chi connectivity index (χ0v) is 15.4. The first kappa shape index (κ1) is 20.0. The highest BCUT2D eigenvalue weighted by Crippen LogP contribution is 2.35. The van der Waals surface area contributed by atoms with E-state index >= 15 is 0 Å². The highest BCUT2D eigenvalue weighted by Gasteiger charge is 2.36. The Morgan fingerprint density at radius 2 is 2.00 bits per heavy atom. The molecule has 0 saturated carbocycles. The molecule has 0 bridgehead atoms. The third-order valence-corrected chi connectivity index (χ3v) is 4.15. The maximum absolute atomic E-state index is 12.4. The third-order valence-electron chi connectivity index (χ3n) is 4.15. The molecule has 0 aromatic heterocycles. The Morgan fingerprint density at radius 3 is 2.69 bits per heavy atom. The van der Waals surface area contributed by atoms with Crippen LogP contribution in [-0.2, 0) is 19.1 Å². The van der Waals surface area contributed by atoms with Crippen LogP contribution < -0.4 is 19.7 Å². The molecular formula is C18H26N2O6. The van der Waals surface area contributed by atoms with Gasteiger partial charge in [-0.2, -0.15) is 0 Å². The molecule has 8 nitrogen and oxygen atoms in total. The van der Waals surface area contributed by atoms with E-state index in [-0.39, 0.29) is 18.2 Å². The van der Waals surface area contributed by atoms with Crippen molar-refractivity contribution in [1.82, 2.24) is 5.32 Å². The first-order chi connectivity index (χ1) is 12.6. The smallest absolute Gasteiger partial charge is 0.227 e. The van der Waals surface area contributed by atoms with Gasteiger partial charge in [-0.3, -0.25) is 9.59 Å². The lowest BCUT2D eigenvalue weighted by Crippen LogP contribution is -2.35. The molecule has 1 unspecified atom stereocenters. The van der Waals surface area contributed by atoms with E-state index in [1.54, 1.807) is 44.4 Å². The van der Waals surface area contributed by atoms with E-state index in [4.69, 9.17) is 18.9 Å². The number of hydrogen-bond donors (Lipinski definition) is 1. The van der Waals surface area contributed by atoms with Crippen molar-refractivity contribution in [3.63, 3.8) is 0 Å². The summed E-state index contributed by atoms with van der Waals surface area (Å²) in [6.07, 6.45) is 0.163. The van der Waals surface area contributed by atoms with Gasteiger partial charge in [-0.15, -0.1) is 0 Å². The number of benzene rings is 1. The predicted molar refractivity (Wildman–Crippen MR) is 95.7 cm³/mol. The van der Waals surface area contributed by atoms with E-state index in [0.29, 0.717) is 50.1 Å². The van der Waals surface area contributed by atoms with Crippen molar-refractivity contribution in [1.29, 1.82) is 0 Å². The zero-order chi connectivity index (χ0) is 18.9. The van der Waals surface area contributed by atoms with Gasteiger partial charge in [-0.25, -0.2) is 0 Å². The summed E-state index contributed by atoms with van der Waals surface area (Å²) in [5, 5.41) is 2.81. The van der Waals surface area contributed by atoms with Gasteiger partial charge in [0.1, 0.15) is 11.5 Å². The van der Waals surface area contributed by atoms with Gasteiger partial charge in [0.05, 0.1) is 45.6 Å². The number of hydrogen-bond acceptors (Lipinski definition) is 6. The van der Waals surface area contributed by atoms with Gasteiger partial charge in [0.15, 0.2) is 0 Å². The average Bonchev–Trinajstić information content (AvgIpc) is 3.05. The molecule has 0 radical (unpaired) electrons. The molecule has 0 spiro atoms. The number of carbonyl (C=O) groups is 2. The summed E-state index contributed by atoms with van der Waals surface area (Å²) in [4.78, 5) is 26.3. The molecule has 1 aliphatic rings. The average molecular weight is 366 g/mol. The largest absolute Gasteiger partial charge is 0.497 e. The minimum absolute atomic E-state index is 0.118. The monoisotopic (exact) mass is 366 g/mol. The first-order valence-electron chi connectivity index (χ1n) is 8.47. The highest BCUT2D eigenvalue weighted by molar-refractivity contribution is 6.01. The molecule has 26 heavy (non-hydrogen) atoms. The van der Waals surface area contributed by atoms with Crippen LogP contribution in [0.15, 0.2) is 18.2 Å². The fourth-order valence-electron chi connectivity index (χ4n) is 2.76. The van der Waals surface area contributed by atoms with E-state index in [2.05, 4.69) is 5.32 Å². The predicted octanol–water partition coefficient (Wildman–Crippen LogP) is 0.836. The summed E-state index contributed by atoms with van der Waals surface area (Å²) in [7, 11) is 4.70. The van der Waals surface area contributed by atoms with Crippen LogP contribution in [0.2, 0.25) is 0 Å². The maximum atomic E-state index is 12.4. The minimum Gasteiger partial charge on any atom is -0.497 e. The van der Waals surface area contributed by atoms with E-state index in [0.717, 1.165) is 0 Å². The lowest BCUT2D eigenvalue weighted by atomic mass is 10.1. The number of amides is 2. The van der Waals surface area contributed by atoms with Crippen molar-refractivity contribution in [2.24, 2.45) is 5.92 Å². The Labute approximate surface area is 153 Å². The number of ether oxygens (including phenoxy) is 4. The molecule has 1 fully saturated rings. The summed E-state index contributed by atoms with van der Waals surface area (Å²) in [5.74, 6) is 0.505. The summed E-state index contributed by atoms with van der Waals surface area (Å²) in [6.45, 7) is 2.11. The Morgan fingerprint density at radius 1 is 1.19 bits per heavy atom. The Bertz CT molecular complexity index is 622. The number of rotatable bonds is 10. The minimum atomic E-state index is -0.405. The van der Waals surface area contributed by atoms with Crippen LogP contribution in [0, 0.1) is 5.92 Å². The summed E-state index contributed by atoms with van der Waals surface area (Å²) in [6, 6.07) is 5.24. The van der Waals surface area contributed by atoms with Crippen molar-refractivity contribution in [2.75, 3.05) is 59.1 Å². The summed E-state index contributed by atoms with van der Waals surface area (Å²) < 4.78 is 20.7. The summed E-state index contributed by atoms with van der Waals surface area (Å²) in [5.41, 5.74) is 0.607. The second-order valence-electron chi connectivity index (χ2n) is 5.84. The van der Waals surface area contributed by atoms with Crippen LogP contribution in [0.1, 0.15) is 6.42 Å². The molecule has 8 heteroatoms. The van der Waals surface area contributed by atoms with Crippen LogP contribution >= 0.6 is 0 Å². The Kier molecular flexibility index (Phi) is 7.68. The molecule has 1 heterocycles. The lowest BCUT2D eigenvalue weighted by Gasteiger charge is -2.20. The molecule has 144 valence electrons. The molecule has 1 aromatic carbocycles. The number of nitrogens with one attached hydrogen (secondary N) is 1. The van der Waals surface area contributed by atoms with Crippen molar-refractivity contribution in [3.8, 4) is 11.5 Å². The van der Waals surface area contributed by atoms with Crippen molar-refractivity contribution >= 4 is 17.5 Å².